The van der Waals surface area contributed by atoms with E-state index in [-0.39, 0.29) is 18.0 Å². The number of thiophene rings is 1. The van der Waals surface area contributed by atoms with E-state index in [1.807, 2.05) is 24.3 Å². The number of amides is 1. The second-order valence-corrected chi connectivity index (χ2v) is 9.04. The van der Waals surface area contributed by atoms with Crippen LogP contribution in [0.2, 0.25) is 0 Å². The summed E-state index contributed by atoms with van der Waals surface area (Å²) in [7, 11) is 0. The van der Waals surface area contributed by atoms with E-state index in [2.05, 4.69) is 49.1 Å². The Bertz CT molecular complexity index is 1050. The van der Waals surface area contributed by atoms with Crippen LogP contribution in [-0.4, -0.2) is 50.2 Å². The number of rotatable bonds is 7. The van der Waals surface area contributed by atoms with E-state index in [9.17, 15) is 9.59 Å². The number of nitrogens with one attached hydrogen (secondary N) is 1. The average molecular weight is 404 g/mol. The van der Waals surface area contributed by atoms with Crippen molar-refractivity contribution < 1.29 is 4.79 Å². The zero-order valence-electron chi connectivity index (χ0n) is 17.4. The van der Waals surface area contributed by atoms with E-state index < -0.39 is 0 Å². The standard InChI is InChI=1S/C20H29N5O2S/c1-12(2)23(13(3)4)8-7-21-19(26)11-24-20(27)17-10-18-16(9-14(5)28-18)25(17)15(6)22-24/h9-10,12-13H,7-8,11H2,1-6H3,(H,21,26). The molecule has 0 radical (unpaired) electrons. The number of carbonyl (C=O) groups excluding carboxylic acids is 1. The zero-order valence-corrected chi connectivity index (χ0v) is 18.3. The third-order valence-corrected chi connectivity index (χ3v) is 5.95. The van der Waals surface area contributed by atoms with Crippen LogP contribution in [0.4, 0.5) is 0 Å². The van der Waals surface area contributed by atoms with Gasteiger partial charge >= 0.3 is 0 Å². The van der Waals surface area contributed by atoms with Crippen molar-refractivity contribution in [2.24, 2.45) is 0 Å². The molecule has 0 aliphatic heterocycles. The minimum absolute atomic E-state index is 0.0720. The summed E-state index contributed by atoms with van der Waals surface area (Å²) in [4.78, 5) is 28.7. The van der Waals surface area contributed by atoms with Gasteiger partial charge in [-0.3, -0.25) is 18.9 Å². The lowest BCUT2D eigenvalue weighted by Gasteiger charge is -2.30. The number of fused-ring (bicyclic) bond motifs is 3. The average Bonchev–Trinajstić information content (AvgIpc) is 3.11. The third kappa shape index (κ3) is 3.98. The highest BCUT2D eigenvalue weighted by molar-refractivity contribution is 7.19. The van der Waals surface area contributed by atoms with Crippen molar-refractivity contribution in [1.82, 2.24) is 24.4 Å². The molecule has 28 heavy (non-hydrogen) atoms. The predicted octanol–water partition coefficient (Wildman–Crippen LogP) is 2.56. The van der Waals surface area contributed by atoms with E-state index in [0.29, 0.717) is 30.0 Å². The number of hydrogen-bond acceptors (Lipinski definition) is 5. The number of nitrogens with zero attached hydrogens (tertiary/aromatic N) is 4. The molecule has 0 unspecified atom stereocenters. The van der Waals surface area contributed by atoms with Crippen molar-refractivity contribution in [3.8, 4) is 0 Å². The summed E-state index contributed by atoms with van der Waals surface area (Å²) < 4.78 is 4.20. The highest BCUT2D eigenvalue weighted by Crippen LogP contribution is 2.27. The normalized spacial score (nSPS) is 12.2. The fourth-order valence-corrected chi connectivity index (χ4v) is 4.70. The molecular formula is C20H29N5O2S. The number of aromatic nitrogens is 3. The Hall–Kier alpha value is -2.19. The van der Waals surface area contributed by atoms with Crippen molar-refractivity contribution in [3.63, 3.8) is 0 Å². The molecule has 3 aromatic heterocycles. The monoisotopic (exact) mass is 403 g/mol. The first-order valence-electron chi connectivity index (χ1n) is 9.70. The molecule has 8 heteroatoms. The predicted molar refractivity (Wildman–Crippen MR) is 114 cm³/mol. The van der Waals surface area contributed by atoms with Gasteiger partial charge in [0.25, 0.3) is 5.56 Å². The van der Waals surface area contributed by atoms with Crippen molar-refractivity contribution in [3.05, 3.63) is 33.2 Å². The van der Waals surface area contributed by atoms with Crippen LogP contribution in [0.5, 0.6) is 0 Å². The fourth-order valence-electron chi connectivity index (χ4n) is 3.75. The lowest BCUT2D eigenvalue weighted by Crippen LogP contribution is -2.43. The Morgan fingerprint density at radius 3 is 2.50 bits per heavy atom. The molecule has 3 rings (SSSR count). The van der Waals surface area contributed by atoms with Crippen molar-refractivity contribution in [1.29, 1.82) is 0 Å². The second-order valence-electron chi connectivity index (χ2n) is 7.76. The molecule has 0 saturated heterocycles. The minimum atomic E-state index is -0.243. The summed E-state index contributed by atoms with van der Waals surface area (Å²) in [5.41, 5.74) is 1.32. The van der Waals surface area contributed by atoms with Crippen LogP contribution in [0.3, 0.4) is 0 Å². The molecule has 0 aliphatic rings. The van der Waals surface area contributed by atoms with E-state index >= 15 is 0 Å². The van der Waals surface area contributed by atoms with E-state index in [1.54, 1.807) is 11.3 Å². The SMILES string of the molecule is Cc1cc2c(cc3c(=O)n(CC(=O)NCCN(C(C)C)C(C)C)nc(C)n32)s1. The van der Waals surface area contributed by atoms with Crippen LogP contribution in [0, 0.1) is 13.8 Å². The second kappa shape index (κ2) is 8.05. The highest BCUT2D eigenvalue weighted by Gasteiger charge is 2.16. The highest BCUT2D eigenvalue weighted by atomic mass is 32.1. The Labute approximate surface area is 169 Å². The molecule has 152 valence electrons. The first kappa shape index (κ1) is 20.5. The molecule has 3 aromatic rings. The van der Waals surface area contributed by atoms with Gasteiger partial charge < -0.3 is 5.32 Å². The third-order valence-electron chi connectivity index (χ3n) is 4.97. The van der Waals surface area contributed by atoms with Crippen molar-refractivity contribution >= 4 is 33.0 Å². The van der Waals surface area contributed by atoms with E-state index in [1.165, 1.54) is 9.56 Å². The molecular weight excluding hydrogens is 374 g/mol. The smallest absolute Gasteiger partial charge is 0.291 e. The molecule has 1 N–H and O–H groups in total. The Balaban J connectivity index is 1.74. The summed E-state index contributed by atoms with van der Waals surface area (Å²) in [6, 6.07) is 4.78. The fraction of sp³-hybridized carbons (Fsp3) is 0.550. The van der Waals surface area contributed by atoms with Gasteiger partial charge in [-0.2, -0.15) is 5.10 Å². The lowest BCUT2D eigenvalue weighted by atomic mass is 10.2. The molecule has 0 aromatic carbocycles. The Morgan fingerprint density at radius 2 is 1.86 bits per heavy atom. The Morgan fingerprint density at radius 1 is 1.18 bits per heavy atom. The molecule has 7 nitrogen and oxygen atoms in total. The summed E-state index contributed by atoms with van der Waals surface area (Å²) in [5.74, 6) is 0.496. The van der Waals surface area contributed by atoms with Crippen LogP contribution in [0.1, 0.15) is 38.4 Å². The van der Waals surface area contributed by atoms with Gasteiger partial charge in [0, 0.05) is 30.1 Å². The van der Waals surface area contributed by atoms with Gasteiger partial charge in [0.1, 0.15) is 17.9 Å². The van der Waals surface area contributed by atoms with Gasteiger partial charge in [-0.1, -0.05) is 0 Å². The minimum Gasteiger partial charge on any atom is -0.353 e. The summed E-state index contributed by atoms with van der Waals surface area (Å²) in [6.07, 6.45) is 0. The van der Waals surface area contributed by atoms with Gasteiger partial charge in [0.15, 0.2) is 0 Å². The number of hydrogen-bond donors (Lipinski definition) is 1. The van der Waals surface area contributed by atoms with Gasteiger partial charge in [0.2, 0.25) is 5.91 Å². The number of aryl methyl sites for hydroxylation is 2. The molecule has 0 fully saturated rings. The maximum absolute atomic E-state index is 12.8. The van der Waals surface area contributed by atoms with Crippen LogP contribution in [0.25, 0.3) is 15.7 Å². The quantitative estimate of drug-likeness (QED) is 0.658. The first-order valence-corrected chi connectivity index (χ1v) is 10.5. The van der Waals surface area contributed by atoms with Gasteiger partial charge in [-0.05, 0) is 53.7 Å². The zero-order chi connectivity index (χ0) is 20.6. The first-order chi connectivity index (χ1) is 13.2. The molecule has 0 atom stereocenters. The maximum atomic E-state index is 12.8. The van der Waals surface area contributed by atoms with Gasteiger partial charge in [-0.25, -0.2) is 4.68 Å². The van der Waals surface area contributed by atoms with Crippen LogP contribution in [-0.2, 0) is 11.3 Å². The van der Waals surface area contributed by atoms with Crippen LogP contribution < -0.4 is 10.9 Å². The molecule has 1 amide bonds. The van der Waals surface area contributed by atoms with Crippen molar-refractivity contribution in [2.45, 2.75) is 60.2 Å². The summed E-state index contributed by atoms with van der Waals surface area (Å²) in [5, 5.41) is 7.28. The van der Waals surface area contributed by atoms with E-state index in [0.717, 1.165) is 16.8 Å². The lowest BCUT2D eigenvalue weighted by molar-refractivity contribution is -0.122. The van der Waals surface area contributed by atoms with Gasteiger partial charge in [0.05, 0.1) is 10.2 Å². The van der Waals surface area contributed by atoms with Crippen LogP contribution >= 0.6 is 11.3 Å². The maximum Gasteiger partial charge on any atom is 0.291 e. The molecule has 3 heterocycles. The molecule has 0 bridgehead atoms. The number of carbonyl (C=O) groups is 1. The largest absolute Gasteiger partial charge is 0.353 e. The van der Waals surface area contributed by atoms with Crippen molar-refractivity contribution in [2.75, 3.05) is 13.1 Å². The summed E-state index contributed by atoms with van der Waals surface area (Å²) in [6.45, 7) is 13.7. The van der Waals surface area contributed by atoms with Gasteiger partial charge in [-0.15, -0.1) is 11.3 Å². The van der Waals surface area contributed by atoms with Crippen LogP contribution in [0.15, 0.2) is 16.9 Å². The molecule has 0 saturated carbocycles. The molecule has 0 spiro atoms. The topological polar surface area (TPSA) is 71.6 Å². The Kier molecular flexibility index (Phi) is 5.90. The summed E-state index contributed by atoms with van der Waals surface area (Å²) >= 11 is 1.65. The van der Waals surface area contributed by atoms with E-state index in [4.69, 9.17) is 0 Å². The molecule has 0 aliphatic carbocycles.